The number of alkyl halides is 3. The van der Waals surface area contributed by atoms with Crippen LogP contribution < -0.4 is 14.9 Å². The lowest BCUT2D eigenvalue weighted by Gasteiger charge is -2.23. The molecule has 0 amide bonds. The van der Waals surface area contributed by atoms with E-state index < -0.39 is 21.8 Å². The number of fused-ring (bicyclic) bond motifs is 1. The lowest BCUT2D eigenvalue weighted by atomic mass is 9.98. The summed E-state index contributed by atoms with van der Waals surface area (Å²) in [7, 11) is -4.07. The van der Waals surface area contributed by atoms with Crippen molar-refractivity contribution in [1.29, 1.82) is 0 Å². The van der Waals surface area contributed by atoms with Crippen molar-refractivity contribution in [2.45, 2.75) is 48.7 Å². The van der Waals surface area contributed by atoms with Gasteiger partial charge < -0.3 is 10.6 Å². The van der Waals surface area contributed by atoms with Crippen LogP contribution in [0.5, 0.6) is 0 Å². The maximum Gasteiger partial charge on any atom is 0.416 e. The number of anilines is 1. The average molecular weight is 480 g/mol. The largest absolute Gasteiger partial charge is 0.416 e. The third kappa shape index (κ3) is 4.63. The van der Waals surface area contributed by atoms with Crippen molar-refractivity contribution in [3.8, 4) is 0 Å². The van der Waals surface area contributed by atoms with Crippen LogP contribution >= 0.6 is 0 Å². The zero-order chi connectivity index (χ0) is 23.2. The van der Waals surface area contributed by atoms with Gasteiger partial charge in [-0.05, 0) is 86.6 Å². The van der Waals surface area contributed by atoms with Crippen LogP contribution in [0, 0.1) is 5.92 Å². The fourth-order valence-corrected chi connectivity index (χ4v) is 6.57. The molecule has 3 aliphatic rings. The Kier molecular flexibility index (Phi) is 5.91. The van der Waals surface area contributed by atoms with Gasteiger partial charge in [-0.1, -0.05) is 18.2 Å². The topological polar surface area (TPSA) is 61.4 Å². The molecule has 1 saturated carbocycles. The second-order valence-corrected chi connectivity index (χ2v) is 11.2. The average Bonchev–Trinajstić information content (AvgIpc) is 3.46. The maximum atomic E-state index is 13.1. The van der Waals surface area contributed by atoms with Crippen molar-refractivity contribution in [1.82, 2.24) is 10.6 Å². The third-order valence-electron chi connectivity index (χ3n) is 7.05. The Balaban J connectivity index is 1.28. The number of sulfonamides is 1. The molecule has 2 heterocycles. The van der Waals surface area contributed by atoms with Gasteiger partial charge in [0.05, 0.1) is 16.1 Å². The first-order valence-electron chi connectivity index (χ1n) is 11.5. The lowest BCUT2D eigenvalue weighted by Crippen LogP contribution is -2.34. The van der Waals surface area contributed by atoms with E-state index in [1.165, 1.54) is 28.8 Å². The number of rotatable bonds is 6. The molecule has 33 heavy (non-hydrogen) atoms. The Morgan fingerprint density at radius 1 is 1.09 bits per heavy atom. The summed E-state index contributed by atoms with van der Waals surface area (Å²) in [6, 6.07) is 10.3. The third-order valence-corrected chi connectivity index (χ3v) is 8.86. The number of hydrogen-bond donors (Lipinski definition) is 2. The predicted octanol–water partition coefficient (Wildman–Crippen LogP) is 3.90. The maximum absolute atomic E-state index is 13.1. The van der Waals surface area contributed by atoms with E-state index in [0.717, 1.165) is 49.7 Å². The van der Waals surface area contributed by atoms with E-state index in [1.807, 2.05) is 12.1 Å². The van der Waals surface area contributed by atoms with Crippen LogP contribution in [-0.2, 0) is 22.6 Å². The highest BCUT2D eigenvalue weighted by Gasteiger charge is 2.40. The normalized spacial score (nSPS) is 23.5. The second kappa shape index (κ2) is 8.60. The summed E-state index contributed by atoms with van der Waals surface area (Å²) in [6.45, 7) is 3.45. The van der Waals surface area contributed by atoms with E-state index in [4.69, 9.17) is 0 Å². The fraction of sp³-hybridized carbons (Fsp3) is 0.500. The Labute approximate surface area is 192 Å². The van der Waals surface area contributed by atoms with E-state index in [9.17, 15) is 21.6 Å². The van der Waals surface area contributed by atoms with Crippen LogP contribution in [0.15, 0.2) is 47.4 Å². The monoisotopic (exact) mass is 479 g/mol. The van der Waals surface area contributed by atoms with E-state index >= 15 is 0 Å². The first-order chi connectivity index (χ1) is 15.7. The van der Waals surface area contributed by atoms with Crippen molar-refractivity contribution in [3.63, 3.8) is 0 Å². The van der Waals surface area contributed by atoms with Gasteiger partial charge in [0.2, 0.25) is 0 Å². The molecule has 2 aromatic carbocycles. The molecular weight excluding hydrogens is 451 g/mol. The summed E-state index contributed by atoms with van der Waals surface area (Å²) in [5.74, 6) is 1.16. The molecule has 9 heteroatoms. The molecule has 2 aromatic rings. The molecule has 0 aromatic heterocycles. The van der Waals surface area contributed by atoms with Gasteiger partial charge in [0, 0.05) is 18.5 Å². The summed E-state index contributed by atoms with van der Waals surface area (Å²) in [5, 5.41) is 7.07. The molecule has 2 N–H and O–H groups in total. The van der Waals surface area contributed by atoms with Crippen molar-refractivity contribution in [2.75, 3.05) is 30.5 Å². The first kappa shape index (κ1) is 22.7. The Hall–Kier alpha value is -2.10. The molecule has 1 aliphatic carbocycles. The Bertz CT molecular complexity index is 1130. The molecular formula is C24H28F3N3O2S. The number of hydrogen-bond acceptors (Lipinski definition) is 4. The zero-order valence-corrected chi connectivity index (χ0v) is 19.1. The zero-order valence-electron chi connectivity index (χ0n) is 18.2. The SMILES string of the molecule is O=S(=O)(c1cccc(C(F)(F)F)c1)N1CCc2cc([C@@H]3C[C@H]3NCC3CCNCC3)ccc21. The molecule has 0 radical (unpaired) electrons. The summed E-state index contributed by atoms with van der Waals surface area (Å²) >= 11 is 0. The summed E-state index contributed by atoms with van der Waals surface area (Å²) in [6.07, 6.45) is -0.540. The Morgan fingerprint density at radius 2 is 1.88 bits per heavy atom. The van der Waals surface area contributed by atoms with Gasteiger partial charge in [-0.2, -0.15) is 13.2 Å². The number of piperidine rings is 1. The molecule has 0 spiro atoms. The van der Waals surface area contributed by atoms with Gasteiger partial charge in [-0.15, -0.1) is 0 Å². The minimum absolute atomic E-state index is 0.236. The standard InChI is InChI=1S/C24H28F3N3O2S/c25-24(26,27)19-2-1-3-20(13-19)33(31,32)30-11-8-18-12-17(4-5-23(18)30)21-14-22(21)29-15-16-6-9-28-10-7-16/h1-5,12-13,16,21-22,28-29H,6-11,14-15H2/t21-,22+/m0/s1. The number of benzene rings is 2. The molecule has 0 unspecified atom stereocenters. The van der Waals surface area contributed by atoms with Crippen molar-refractivity contribution in [2.24, 2.45) is 5.92 Å². The number of nitrogens with one attached hydrogen (secondary N) is 2. The predicted molar refractivity (Wildman–Crippen MR) is 121 cm³/mol. The van der Waals surface area contributed by atoms with Crippen molar-refractivity contribution < 1.29 is 21.6 Å². The molecule has 0 bridgehead atoms. The lowest BCUT2D eigenvalue weighted by molar-refractivity contribution is -0.137. The molecule has 5 rings (SSSR count). The van der Waals surface area contributed by atoms with E-state index in [0.29, 0.717) is 30.1 Å². The van der Waals surface area contributed by atoms with Gasteiger partial charge in [-0.25, -0.2) is 8.42 Å². The van der Waals surface area contributed by atoms with E-state index in [1.54, 1.807) is 0 Å². The highest BCUT2D eigenvalue weighted by atomic mass is 32.2. The van der Waals surface area contributed by atoms with Crippen LogP contribution in [0.2, 0.25) is 0 Å². The number of nitrogens with zero attached hydrogens (tertiary/aromatic N) is 1. The summed E-state index contributed by atoms with van der Waals surface area (Å²) in [5.41, 5.74) is 1.74. The van der Waals surface area contributed by atoms with Crippen LogP contribution in [0.4, 0.5) is 18.9 Å². The van der Waals surface area contributed by atoms with Gasteiger partial charge >= 0.3 is 6.18 Å². The molecule has 1 saturated heterocycles. The quantitative estimate of drug-likeness (QED) is 0.660. The minimum Gasteiger partial charge on any atom is -0.317 e. The molecule has 5 nitrogen and oxygen atoms in total. The van der Waals surface area contributed by atoms with Crippen LogP contribution in [0.3, 0.4) is 0 Å². The van der Waals surface area contributed by atoms with E-state index in [2.05, 4.69) is 16.7 Å². The molecule has 2 fully saturated rings. The van der Waals surface area contributed by atoms with Gasteiger partial charge in [0.1, 0.15) is 0 Å². The van der Waals surface area contributed by atoms with Gasteiger partial charge in [0.25, 0.3) is 10.0 Å². The molecule has 178 valence electrons. The first-order valence-corrected chi connectivity index (χ1v) is 12.9. The van der Waals surface area contributed by atoms with Crippen molar-refractivity contribution >= 4 is 15.7 Å². The minimum atomic E-state index is -4.59. The molecule has 2 atom stereocenters. The summed E-state index contributed by atoms with van der Waals surface area (Å²) < 4.78 is 66.7. The van der Waals surface area contributed by atoms with Crippen LogP contribution in [0.1, 0.15) is 41.9 Å². The van der Waals surface area contributed by atoms with E-state index in [-0.39, 0.29) is 11.4 Å². The van der Waals surface area contributed by atoms with Gasteiger partial charge in [-0.3, -0.25) is 4.31 Å². The highest BCUT2D eigenvalue weighted by Crippen LogP contribution is 2.44. The number of halogens is 3. The van der Waals surface area contributed by atoms with Crippen molar-refractivity contribution in [3.05, 3.63) is 59.2 Å². The smallest absolute Gasteiger partial charge is 0.317 e. The summed E-state index contributed by atoms with van der Waals surface area (Å²) in [4.78, 5) is -0.335. The van der Waals surface area contributed by atoms with Gasteiger partial charge in [0.15, 0.2) is 0 Å². The highest BCUT2D eigenvalue weighted by molar-refractivity contribution is 7.92. The fourth-order valence-electron chi connectivity index (χ4n) is 5.02. The van der Waals surface area contributed by atoms with Crippen LogP contribution in [0.25, 0.3) is 0 Å². The second-order valence-electron chi connectivity index (χ2n) is 9.29. The Morgan fingerprint density at radius 3 is 2.64 bits per heavy atom. The molecule has 2 aliphatic heterocycles. The van der Waals surface area contributed by atoms with Crippen LogP contribution in [-0.4, -0.2) is 40.6 Å².